The Kier molecular flexibility index (Phi) is 9.46. The van der Waals surface area contributed by atoms with Gasteiger partial charge in [-0.2, -0.15) is 0 Å². The Labute approximate surface area is 182 Å². The summed E-state index contributed by atoms with van der Waals surface area (Å²) in [6.07, 6.45) is 7.16. The second kappa shape index (κ2) is 12.1. The van der Waals surface area contributed by atoms with Crippen LogP contribution in [0.3, 0.4) is 0 Å². The van der Waals surface area contributed by atoms with E-state index in [1.54, 1.807) is 18.4 Å². The van der Waals surface area contributed by atoms with E-state index >= 15 is 0 Å². The van der Waals surface area contributed by atoms with Crippen molar-refractivity contribution in [1.29, 1.82) is 0 Å². The molecule has 7 heteroatoms. The Morgan fingerprint density at radius 3 is 2.52 bits per heavy atom. The smallest absolute Gasteiger partial charge is 0.328 e. The second-order valence-electron chi connectivity index (χ2n) is 7.86. The molecule has 6 nitrogen and oxygen atoms in total. The predicted molar refractivity (Wildman–Crippen MR) is 116 cm³/mol. The highest BCUT2D eigenvalue weighted by Gasteiger charge is 2.24. The number of rotatable bonds is 8. The van der Waals surface area contributed by atoms with E-state index in [0.717, 1.165) is 38.1 Å². The standard InChI is InChI=1S/C20H26FNO.C4H4O4/c1-15(2)22(11-10-19-7-4-12-23-19)14-17-6-3-5-16-13-18(21)8-9-20(16)17;5-3(6)1-2-4(7)8/h4,7-9,12-13,15,17H,3,5-6,10-11,14H2,1-2H3;1-2H,(H,5,6)(H,7,8)/b;2-1+. The number of hydrogen-bond donors (Lipinski definition) is 2. The molecule has 0 bridgehead atoms. The SMILES string of the molecule is CC(C)N(CCc1ccco1)CC1CCCc2cc(F)ccc21.O=C(O)/C=C/C(=O)O. The summed E-state index contributed by atoms with van der Waals surface area (Å²) in [5.74, 6) is -1.07. The number of carbonyl (C=O) groups is 2. The van der Waals surface area contributed by atoms with Crippen LogP contribution in [0.15, 0.2) is 53.2 Å². The molecule has 0 amide bonds. The van der Waals surface area contributed by atoms with E-state index in [1.165, 1.54) is 17.5 Å². The Hall–Kier alpha value is -2.93. The summed E-state index contributed by atoms with van der Waals surface area (Å²) in [4.78, 5) is 21.6. The maximum absolute atomic E-state index is 13.5. The van der Waals surface area contributed by atoms with Crippen molar-refractivity contribution in [3.63, 3.8) is 0 Å². The number of furan rings is 1. The van der Waals surface area contributed by atoms with E-state index in [2.05, 4.69) is 18.7 Å². The average molecular weight is 432 g/mol. The fourth-order valence-corrected chi connectivity index (χ4v) is 3.77. The zero-order valence-corrected chi connectivity index (χ0v) is 18.0. The molecule has 1 unspecified atom stereocenters. The van der Waals surface area contributed by atoms with Gasteiger partial charge < -0.3 is 14.6 Å². The number of halogens is 1. The van der Waals surface area contributed by atoms with Crippen molar-refractivity contribution in [2.75, 3.05) is 13.1 Å². The predicted octanol–water partition coefficient (Wildman–Crippen LogP) is 4.50. The fourth-order valence-electron chi connectivity index (χ4n) is 3.77. The summed E-state index contributed by atoms with van der Waals surface area (Å²) in [5, 5.41) is 15.6. The monoisotopic (exact) mass is 431 g/mol. The number of carboxylic acid groups (broad SMARTS) is 2. The number of benzene rings is 1. The first-order valence-corrected chi connectivity index (χ1v) is 10.4. The number of nitrogens with zero attached hydrogens (tertiary/aromatic N) is 1. The lowest BCUT2D eigenvalue weighted by molar-refractivity contribution is -0.134. The quantitative estimate of drug-likeness (QED) is 0.598. The van der Waals surface area contributed by atoms with Crippen LogP contribution in [0.4, 0.5) is 4.39 Å². The third kappa shape index (κ3) is 8.38. The van der Waals surface area contributed by atoms with Gasteiger partial charge in [-0.1, -0.05) is 6.07 Å². The van der Waals surface area contributed by atoms with Gasteiger partial charge in [0.05, 0.1) is 6.26 Å². The van der Waals surface area contributed by atoms with Crippen LogP contribution in [-0.2, 0) is 22.4 Å². The highest BCUT2D eigenvalue weighted by Crippen LogP contribution is 2.33. The number of hydrogen-bond acceptors (Lipinski definition) is 4. The molecule has 31 heavy (non-hydrogen) atoms. The minimum Gasteiger partial charge on any atom is -0.478 e. The lowest BCUT2D eigenvalue weighted by Crippen LogP contribution is -2.37. The van der Waals surface area contributed by atoms with Gasteiger partial charge in [-0.25, -0.2) is 14.0 Å². The Balaban J connectivity index is 0.000000366. The van der Waals surface area contributed by atoms with Crippen molar-refractivity contribution in [3.8, 4) is 0 Å². The zero-order valence-electron chi connectivity index (χ0n) is 18.0. The molecule has 0 spiro atoms. The van der Waals surface area contributed by atoms with Crippen LogP contribution < -0.4 is 0 Å². The maximum Gasteiger partial charge on any atom is 0.328 e. The molecule has 0 fully saturated rings. The molecule has 0 aliphatic heterocycles. The van der Waals surface area contributed by atoms with Crippen LogP contribution >= 0.6 is 0 Å². The van der Waals surface area contributed by atoms with Gasteiger partial charge in [0.2, 0.25) is 0 Å². The van der Waals surface area contributed by atoms with Gasteiger partial charge in [0.15, 0.2) is 0 Å². The largest absolute Gasteiger partial charge is 0.478 e. The van der Waals surface area contributed by atoms with Crippen LogP contribution in [-0.4, -0.2) is 46.2 Å². The van der Waals surface area contributed by atoms with Crippen molar-refractivity contribution >= 4 is 11.9 Å². The van der Waals surface area contributed by atoms with Crippen LogP contribution in [0.1, 0.15) is 49.5 Å². The van der Waals surface area contributed by atoms with E-state index in [-0.39, 0.29) is 5.82 Å². The number of aryl methyl sites for hydroxylation is 1. The van der Waals surface area contributed by atoms with Gasteiger partial charge in [0, 0.05) is 37.7 Å². The molecule has 3 rings (SSSR count). The minimum absolute atomic E-state index is 0.108. The molecule has 2 aromatic rings. The molecular formula is C24H30FNO5. The summed E-state index contributed by atoms with van der Waals surface area (Å²) in [6.45, 7) is 6.53. The molecule has 1 heterocycles. The van der Waals surface area contributed by atoms with Crippen molar-refractivity contribution in [3.05, 3.63) is 71.5 Å². The molecule has 0 radical (unpaired) electrons. The minimum atomic E-state index is -1.26. The zero-order chi connectivity index (χ0) is 22.8. The topological polar surface area (TPSA) is 91.0 Å². The molecule has 1 aliphatic rings. The van der Waals surface area contributed by atoms with E-state index < -0.39 is 11.9 Å². The summed E-state index contributed by atoms with van der Waals surface area (Å²) in [5.41, 5.74) is 2.55. The Bertz CT molecular complexity index is 860. The van der Waals surface area contributed by atoms with Crippen molar-refractivity contribution < 1.29 is 28.6 Å². The molecule has 0 saturated carbocycles. The molecule has 1 aromatic carbocycles. The van der Waals surface area contributed by atoms with E-state index in [9.17, 15) is 14.0 Å². The molecular weight excluding hydrogens is 401 g/mol. The molecule has 0 saturated heterocycles. The van der Waals surface area contributed by atoms with Crippen LogP contribution in [0.2, 0.25) is 0 Å². The Morgan fingerprint density at radius 2 is 1.94 bits per heavy atom. The van der Waals surface area contributed by atoms with Crippen molar-refractivity contribution in [1.82, 2.24) is 4.90 Å². The van der Waals surface area contributed by atoms with Gasteiger partial charge in [-0.15, -0.1) is 0 Å². The summed E-state index contributed by atoms with van der Waals surface area (Å²) in [6, 6.07) is 9.82. The van der Waals surface area contributed by atoms with E-state index in [4.69, 9.17) is 14.6 Å². The van der Waals surface area contributed by atoms with Crippen LogP contribution in [0.25, 0.3) is 0 Å². The first kappa shape index (κ1) is 24.3. The number of aliphatic carboxylic acids is 2. The summed E-state index contributed by atoms with van der Waals surface area (Å²) < 4.78 is 18.9. The Morgan fingerprint density at radius 1 is 1.23 bits per heavy atom. The summed E-state index contributed by atoms with van der Waals surface area (Å²) >= 11 is 0. The molecule has 1 aromatic heterocycles. The van der Waals surface area contributed by atoms with Gasteiger partial charge in [-0.05, 0) is 74.4 Å². The number of fused-ring (bicyclic) bond motifs is 1. The van der Waals surface area contributed by atoms with Crippen LogP contribution in [0.5, 0.6) is 0 Å². The number of carboxylic acids is 2. The van der Waals surface area contributed by atoms with E-state index in [1.807, 2.05) is 18.2 Å². The summed E-state index contributed by atoms with van der Waals surface area (Å²) in [7, 11) is 0. The van der Waals surface area contributed by atoms with Gasteiger partial charge in [0.25, 0.3) is 0 Å². The van der Waals surface area contributed by atoms with Gasteiger partial charge in [-0.3, -0.25) is 4.90 Å². The van der Waals surface area contributed by atoms with E-state index in [0.29, 0.717) is 24.1 Å². The van der Waals surface area contributed by atoms with Gasteiger partial charge in [0.1, 0.15) is 11.6 Å². The fraction of sp³-hybridized carbons (Fsp3) is 0.417. The lowest BCUT2D eigenvalue weighted by atomic mass is 9.82. The molecule has 1 aliphatic carbocycles. The van der Waals surface area contributed by atoms with Crippen molar-refractivity contribution in [2.45, 2.75) is 51.5 Å². The third-order valence-corrected chi connectivity index (χ3v) is 5.32. The normalized spacial score (nSPS) is 15.6. The molecule has 1 atom stereocenters. The first-order chi connectivity index (χ1) is 14.8. The molecule has 168 valence electrons. The highest BCUT2D eigenvalue weighted by molar-refractivity contribution is 5.89. The average Bonchev–Trinajstić information content (AvgIpc) is 3.23. The second-order valence-corrected chi connectivity index (χ2v) is 7.86. The highest BCUT2D eigenvalue weighted by atomic mass is 19.1. The third-order valence-electron chi connectivity index (χ3n) is 5.32. The first-order valence-electron chi connectivity index (χ1n) is 10.4. The maximum atomic E-state index is 13.5. The van der Waals surface area contributed by atoms with Crippen LogP contribution in [0, 0.1) is 5.82 Å². The van der Waals surface area contributed by atoms with Crippen molar-refractivity contribution in [2.24, 2.45) is 0 Å². The van der Waals surface area contributed by atoms with Gasteiger partial charge >= 0.3 is 11.9 Å². The molecule has 2 N–H and O–H groups in total. The lowest BCUT2D eigenvalue weighted by Gasteiger charge is -2.33.